The van der Waals surface area contributed by atoms with E-state index in [0.717, 1.165) is 19.3 Å². The number of carbonyl (C=O) groups is 1. The molecule has 0 aliphatic heterocycles. The lowest BCUT2D eigenvalue weighted by Gasteiger charge is -2.18. The van der Waals surface area contributed by atoms with Gasteiger partial charge in [0.05, 0.1) is 0 Å². The largest absolute Gasteiger partial charge is 0.480 e. The average molecular weight is 171 g/mol. The maximum absolute atomic E-state index is 10.5. The minimum Gasteiger partial charge on any atom is -0.480 e. The summed E-state index contributed by atoms with van der Waals surface area (Å²) in [7, 11) is 0. The molecule has 0 bridgehead atoms. The Morgan fingerprint density at radius 2 is 2.25 bits per heavy atom. The Balaban J connectivity index is 3.61. The van der Waals surface area contributed by atoms with Crippen LogP contribution in [0.25, 0.3) is 0 Å². The van der Waals surface area contributed by atoms with Gasteiger partial charge in [0.15, 0.2) is 0 Å². The molecule has 1 atom stereocenters. The molecule has 3 heteroatoms. The molecule has 0 unspecified atom stereocenters. The van der Waals surface area contributed by atoms with E-state index in [1.165, 1.54) is 0 Å². The second-order valence-corrected chi connectivity index (χ2v) is 3.26. The number of rotatable bonds is 6. The Labute approximate surface area is 73.3 Å². The summed E-state index contributed by atoms with van der Waals surface area (Å²) in [4.78, 5) is 10.5. The van der Waals surface area contributed by atoms with Crippen LogP contribution >= 0.6 is 0 Å². The van der Waals surface area contributed by atoms with Crippen molar-refractivity contribution in [1.82, 2.24) is 0 Å². The topological polar surface area (TPSA) is 63.3 Å². The molecular weight excluding hydrogens is 154 g/mol. The maximum atomic E-state index is 10.5. The number of aliphatic carboxylic acids is 1. The standard InChI is InChI=1S/C9H17NO2/c1-3-4-5-6-7-9(2,10)8(11)12/h3H,1,4-7,10H2,2H3,(H,11,12)/t9-/m1/s1. The van der Waals surface area contributed by atoms with Gasteiger partial charge in [-0.2, -0.15) is 0 Å². The minimum absolute atomic E-state index is 0.524. The van der Waals surface area contributed by atoms with Crippen molar-refractivity contribution in [2.24, 2.45) is 5.73 Å². The first kappa shape index (κ1) is 11.2. The smallest absolute Gasteiger partial charge is 0.323 e. The first-order valence-electron chi connectivity index (χ1n) is 4.14. The molecule has 12 heavy (non-hydrogen) atoms. The van der Waals surface area contributed by atoms with Crippen molar-refractivity contribution >= 4 is 5.97 Å². The van der Waals surface area contributed by atoms with Gasteiger partial charge in [0.2, 0.25) is 0 Å². The van der Waals surface area contributed by atoms with Gasteiger partial charge < -0.3 is 10.8 Å². The highest BCUT2D eigenvalue weighted by molar-refractivity contribution is 5.77. The van der Waals surface area contributed by atoms with E-state index in [-0.39, 0.29) is 0 Å². The highest BCUT2D eigenvalue weighted by Crippen LogP contribution is 2.11. The fourth-order valence-electron chi connectivity index (χ4n) is 0.888. The third-order valence-corrected chi connectivity index (χ3v) is 1.84. The van der Waals surface area contributed by atoms with Crippen molar-refractivity contribution < 1.29 is 9.90 Å². The number of allylic oxidation sites excluding steroid dienone is 1. The third-order valence-electron chi connectivity index (χ3n) is 1.84. The van der Waals surface area contributed by atoms with Crippen molar-refractivity contribution in [3.63, 3.8) is 0 Å². The van der Waals surface area contributed by atoms with E-state index in [0.29, 0.717) is 6.42 Å². The van der Waals surface area contributed by atoms with E-state index >= 15 is 0 Å². The van der Waals surface area contributed by atoms with Crippen molar-refractivity contribution in [2.45, 2.75) is 38.1 Å². The fourth-order valence-corrected chi connectivity index (χ4v) is 0.888. The Morgan fingerprint density at radius 1 is 1.67 bits per heavy atom. The van der Waals surface area contributed by atoms with Crippen LogP contribution in [0.2, 0.25) is 0 Å². The van der Waals surface area contributed by atoms with Gasteiger partial charge in [-0.25, -0.2) is 0 Å². The summed E-state index contributed by atoms with van der Waals surface area (Å²) in [5, 5.41) is 8.65. The second-order valence-electron chi connectivity index (χ2n) is 3.26. The summed E-state index contributed by atoms with van der Waals surface area (Å²) >= 11 is 0. The minimum atomic E-state index is -1.07. The van der Waals surface area contributed by atoms with Crippen LogP contribution in [0.3, 0.4) is 0 Å². The van der Waals surface area contributed by atoms with Crippen LogP contribution in [0.15, 0.2) is 12.7 Å². The zero-order valence-electron chi connectivity index (χ0n) is 7.55. The summed E-state index contributed by atoms with van der Waals surface area (Å²) < 4.78 is 0. The summed E-state index contributed by atoms with van der Waals surface area (Å²) in [6, 6.07) is 0. The lowest BCUT2D eigenvalue weighted by molar-refractivity contribution is -0.142. The summed E-state index contributed by atoms with van der Waals surface area (Å²) in [5.41, 5.74) is 4.45. The number of carboxylic acid groups (broad SMARTS) is 1. The molecule has 3 nitrogen and oxygen atoms in total. The molecule has 70 valence electrons. The van der Waals surface area contributed by atoms with Crippen LogP contribution < -0.4 is 5.73 Å². The molecule has 0 aliphatic rings. The predicted molar refractivity (Wildman–Crippen MR) is 48.9 cm³/mol. The number of nitrogens with two attached hydrogens (primary N) is 1. The Bertz CT molecular complexity index is 164. The number of hydrogen-bond acceptors (Lipinski definition) is 2. The van der Waals surface area contributed by atoms with Crippen molar-refractivity contribution in [1.29, 1.82) is 0 Å². The van der Waals surface area contributed by atoms with Gasteiger partial charge in [-0.1, -0.05) is 12.5 Å². The van der Waals surface area contributed by atoms with Gasteiger partial charge in [-0.15, -0.1) is 6.58 Å². The highest BCUT2D eigenvalue weighted by Gasteiger charge is 2.26. The van der Waals surface area contributed by atoms with E-state index in [1.807, 2.05) is 6.08 Å². The molecule has 0 aromatic rings. The van der Waals surface area contributed by atoms with Crippen LogP contribution in [0.4, 0.5) is 0 Å². The molecule has 0 fully saturated rings. The summed E-state index contributed by atoms with van der Waals surface area (Å²) in [5.74, 6) is -0.930. The molecule has 0 aliphatic carbocycles. The SMILES string of the molecule is C=CCCCC[C@@](C)(N)C(=O)O. The molecular formula is C9H17NO2. The van der Waals surface area contributed by atoms with Crippen molar-refractivity contribution in [2.75, 3.05) is 0 Å². The normalized spacial score (nSPS) is 15.2. The fraction of sp³-hybridized carbons (Fsp3) is 0.667. The molecule has 0 aromatic carbocycles. The molecule has 0 saturated heterocycles. The number of carboxylic acids is 1. The number of unbranched alkanes of at least 4 members (excludes halogenated alkanes) is 2. The summed E-state index contributed by atoms with van der Waals surface area (Å²) in [6.07, 6.45) is 5.08. The predicted octanol–water partition coefficient (Wildman–Crippen LogP) is 1.53. The van der Waals surface area contributed by atoms with Crippen molar-refractivity contribution in [3.05, 3.63) is 12.7 Å². The lowest BCUT2D eigenvalue weighted by atomic mass is 9.96. The molecule has 0 spiro atoms. The molecule has 3 N–H and O–H groups in total. The summed E-state index contributed by atoms with van der Waals surface area (Å²) in [6.45, 7) is 5.13. The molecule has 0 heterocycles. The van der Waals surface area contributed by atoms with Gasteiger partial charge in [-0.3, -0.25) is 4.79 Å². The first-order valence-corrected chi connectivity index (χ1v) is 4.14. The van der Waals surface area contributed by atoms with E-state index in [1.54, 1.807) is 6.92 Å². The van der Waals surface area contributed by atoms with E-state index in [2.05, 4.69) is 6.58 Å². The monoisotopic (exact) mass is 171 g/mol. The highest BCUT2D eigenvalue weighted by atomic mass is 16.4. The third kappa shape index (κ3) is 4.13. The van der Waals surface area contributed by atoms with Gasteiger partial charge in [0, 0.05) is 0 Å². The van der Waals surface area contributed by atoms with Gasteiger partial charge in [0.25, 0.3) is 0 Å². The molecule has 0 radical (unpaired) electrons. The molecule has 0 aromatic heterocycles. The Kier molecular flexibility index (Phi) is 4.59. The number of hydrogen-bond donors (Lipinski definition) is 2. The van der Waals surface area contributed by atoms with E-state index < -0.39 is 11.5 Å². The zero-order valence-corrected chi connectivity index (χ0v) is 7.55. The Hall–Kier alpha value is -0.830. The zero-order chi connectivity index (χ0) is 9.61. The molecule has 0 saturated carbocycles. The quantitative estimate of drug-likeness (QED) is 0.470. The van der Waals surface area contributed by atoms with Crippen LogP contribution in [0, 0.1) is 0 Å². The van der Waals surface area contributed by atoms with Gasteiger partial charge >= 0.3 is 5.97 Å². The van der Waals surface area contributed by atoms with E-state index in [4.69, 9.17) is 10.8 Å². The van der Waals surface area contributed by atoms with Crippen LogP contribution in [0.5, 0.6) is 0 Å². The Morgan fingerprint density at radius 3 is 2.67 bits per heavy atom. The second kappa shape index (κ2) is 4.93. The van der Waals surface area contributed by atoms with Crippen LogP contribution in [-0.2, 0) is 4.79 Å². The van der Waals surface area contributed by atoms with Crippen molar-refractivity contribution in [3.8, 4) is 0 Å². The lowest BCUT2D eigenvalue weighted by Crippen LogP contribution is -2.44. The van der Waals surface area contributed by atoms with Gasteiger partial charge in [-0.05, 0) is 26.2 Å². The average Bonchev–Trinajstić information content (AvgIpc) is 1.98. The molecule has 0 amide bonds. The molecule has 0 rings (SSSR count). The van der Waals surface area contributed by atoms with E-state index in [9.17, 15) is 4.79 Å². The first-order chi connectivity index (χ1) is 5.50. The van der Waals surface area contributed by atoms with Crippen LogP contribution in [0.1, 0.15) is 32.6 Å². The maximum Gasteiger partial charge on any atom is 0.323 e. The van der Waals surface area contributed by atoms with Gasteiger partial charge in [0.1, 0.15) is 5.54 Å². The van der Waals surface area contributed by atoms with Crippen LogP contribution in [-0.4, -0.2) is 16.6 Å².